The number of rotatable bonds is 6. The van der Waals surface area contributed by atoms with E-state index in [1.165, 1.54) is 4.90 Å². The van der Waals surface area contributed by atoms with Crippen molar-refractivity contribution in [2.24, 2.45) is 5.16 Å². The first-order chi connectivity index (χ1) is 14.1. The van der Waals surface area contributed by atoms with Gasteiger partial charge < -0.3 is 19.7 Å². The van der Waals surface area contributed by atoms with Crippen LogP contribution in [0.25, 0.3) is 11.1 Å². The summed E-state index contributed by atoms with van der Waals surface area (Å²) in [6, 6.07) is 9.39. The third-order valence-electron chi connectivity index (χ3n) is 4.89. The molecule has 1 unspecified atom stereocenters. The van der Waals surface area contributed by atoms with E-state index < -0.39 is 11.6 Å². The van der Waals surface area contributed by atoms with E-state index in [1.54, 1.807) is 13.1 Å². The van der Waals surface area contributed by atoms with Gasteiger partial charge in [0.05, 0.1) is 12.3 Å². The second-order valence-electron chi connectivity index (χ2n) is 8.34. The van der Waals surface area contributed by atoms with E-state index in [1.807, 2.05) is 51.1 Å². The number of aromatic amines is 1. The van der Waals surface area contributed by atoms with E-state index in [9.17, 15) is 14.7 Å². The number of H-pyrrole nitrogens is 1. The first kappa shape index (κ1) is 21.4. The van der Waals surface area contributed by atoms with Gasteiger partial charge in [-0.2, -0.15) is 0 Å². The average Bonchev–Trinajstić information content (AvgIpc) is 3.13. The predicted molar refractivity (Wildman–Crippen MR) is 114 cm³/mol. The zero-order valence-corrected chi connectivity index (χ0v) is 17.6. The van der Waals surface area contributed by atoms with Crippen LogP contribution in [-0.2, 0) is 4.84 Å². The summed E-state index contributed by atoms with van der Waals surface area (Å²) < 4.78 is 5.99. The van der Waals surface area contributed by atoms with Gasteiger partial charge in [0, 0.05) is 34.8 Å². The zero-order chi connectivity index (χ0) is 21.9. The minimum atomic E-state index is -0.991. The smallest absolute Gasteiger partial charge is 0.408 e. The number of benzene rings is 1. The van der Waals surface area contributed by atoms with Gasteiger partial charge in [0.15, 0.2) is 6.10 Å². The van der Waals surface area contributed by atoms with E-state index in [2.05, 4.69) is 10.1 Å². The molecule has 2 N–H and O–H groups in total. The van der Waals surface area contributed by atoms with Gasteiger partial charge in [0.25, 0.3) is 5.56 Å². The zero-order valence-electron chi connectivity index (χ0n) is 17.6. The summed E-state index contributed by atoms with van der Waals surface area (Å²) in [5, 5.41) is 13.5. The monoisotopic (exact) mass is 413 g/mol. The number of carbonyl (C=O) groups is 1. The van der Waals surface area contributed by atoms with Gasteiger partial charge in [-0.3, -0.25) is 9.69 Å². The molecule has 0 bridgehead atoms. The Morgan fingerprint density at radius 2 is 2.10 bits per heavy atom. The van der Waals surface area contributed by atoms with Crippen molar-refractivity contribution in [1.29, 1.82) is 0 Å². The molecule has 0 aliphatic carbocycles. The highest BCUT2D eigenvalue weighted by atomic mass is 16.7. The van der Waals surface area contributed by atoms with Gasteiger partial charge in [-0.25, -0.2) is 4.79 Å². The Labute approximate surface area is 175 Å². The highest BCUT2D eigenvalue weighted by Crippen LogP contribution is 2.30. The average molecular weight is 413 g/mol. The number of ether oxygens (including phenoxy) is 1. The van der Waals surface area contributed by atoms with E-state index in [0.717, 1.165) is 11.1 Å². The number of hydrogen-bond acceptors (Lipinski definition) is 5. The second kappa shape index (κ2) is 8.61. The number of aromatic nitrogens is 1. The van der Waals surface area contributed by atoms with Crippen LogP contribution in [0.3, 0.4) is 0 Å². The summed E-state index contributed by atoms with van der Waals surface area (Å²) in [6.45, 7) is 7.75. The predicted octanol–water partition coefficient (Wildman–Crippen LogP) is 3.65. The van der Waals surface area contributed by atoms with Crippen molar-refractivity contribution in [3.63, 3.8) is 0 Å². The maximum atomic E-state index is 11.6. The van der Waals surface area contributed by atoms with Crippen LogP contribution in [0.2, 0.25) is 0 Å². The topological polar surface area (TPSA) is 104 Å². The number of amides is 1. The molecule has 1 amide bonds. The molecule has 1 aliphatic rings. The van der Waals surface area contributed by atoms with Crippen LogP contribution in [0.1, 0.15) is 32.8 Å². The maximum absolute atomic E-state index is 11.6. The van der Waals surface area contributed by atoms with Crippen LogP contribution in [0.15, 0.2) is 46.5 Å². The molecular weight excluding hydrogens is 386 g/mol. The molecule has 1 atom stereocenters. The first-order valence-corrected chi connectivity index (χ1v) is 9.79. The van der Waals surface area contributed by atoms with Crippen molar-refractivity contribution >= 4 is 11.8 Å². The van der Waals surface area contributed by atoms with Crippen LogP contribution in [-0.4, -0.2) is 51.6 Å². The van der Waals surface area contributed by atoms with Crippen LogP contribution >= 0.6 is 0 Å². The van der Waals surface area contributed by atoms with Crippen molar-refractivity contribution < 1.29 is 19.5 Å². The molecule has 2 aromatic rings. The van der Waals surface area contributed by atoms with Crippen LogP contribution < -0.4 is 10.3 Å². The molecule has 1 aromatic carbocycles. The number of oxime groups is 1. The molecule has 0 radical (unpaired) electrons. The van der Waals surface area contributed by atoms with Gasteiger partial charge in [0.1, 0.15) is 12.4 Å². The Bertz CT molecular complexity index is 1010. The highest BCUT2D eigenvalue weighted by molar-refractivity contribution is 5.89. The lowest BCUT2D eigenvalue weighted by molar-refractivity contribution is 0.0472. The van der Waals surface area contributed by atoms with E-state index in [0.29, 0.717) is 23.4 Å². The van der Waals surface area contributed by atoms with E-state index in [4.69, 9.17) is 9.57 Å². The normalized spacial score (nSPS) is 16.0. The van der Waals surface area contributed by atoms with E-state index >= 15 is 0 Å². The fourth-order valence-electron chi connectivity index (χ4n) is 3.21. The Hall–Kier alpha value is -3.29. The van der Waals surface area contributed by atoms with Crippen LogP contribution in [0.5, 0.6) is 5.75 Å². The highest BCUT2D eigenvalue weighted by Gasteiger charge is 2.31. The van der Waals surface area contributed by atoms with Gasteiger partial charge in [0.2, 0.25) is 0 Å². The summed E-state index contributed by atoms with van der Waals surface area (Å²) in [6.07, 6.45) is 0.883. The largest absolute Gasteiger partial charge is 0.489 e. The quantitative estimate of drug-likeness (QED) is 0.752. The Kier molecular flexibility index (Phi) is 6.14. The molecule has 160 valence electrons. The molecule has 0 saturated heterocycles. The molecule has 0 spiro atoms. The lowest BCUT2D eigenvalue weighted by Crippen LogP contribution is -2.47. The van der Waals surface area contributed by atoms with Crippen molar-refractivity contribution in [1.82, 2.24) is 9.88 Å². The molecule has 8 heteroatoms. The lowest BCUT2D eigenvalue weighted by atomic mass is 10.0. The van der Waals surface area contributed by atoms with E-state index in [-0.39, 0.29) is 24.8 Å². The third-order valence-corrected chi connectivity index (χ3v) is 4.89. The molecule has 1 aliphatic heterocycles. The molecule has 8 nitrogen and oxygen atoms in total. The van der Waals surface area contributed by atoms with Gasteiger partial charge in [-0.05, 0) is 39.8 Å². The Morgan fingerprint density at radius 3 is 2.77 bits per heavy atom. The lowest BCUT2D eigenvalue weighted by Gasteiger charge is -2.32. The minimum absolute atomic E-state index is 0.119. The number of nitrogens with one attached hydrogen (secondary N) is 1. The van der Waals surface area contributed by atoms with Gasteiger partial charge in [-0.1, -0.05) is 23.4 Å². The van der Waals surface area contributed by atoms with Crippen LogP contribution in [0, 0.1) is 6.92 Å². The molecule has 3 rings (SSSR count). The number of pyridine rings is 1. The number of aryl methyl sites for hydroxylation is 1. The summed E-state index contributed by atoms with van der Waals surface area (Å²) in [5.41, 5.74) is 2.37. The Morgan fingerprint density at radius 1 is 1.37 bits per heavy atom. The summed E-state index contributed by atoms with van der Waals surface area (Å²) in [4.78, 5) is 32.7. The first-order valence-electron chi connectivity index (χ1n) is 9.79. The standard InChI is InChI=1S/C22H27N3O5/c1-14-9-15(11-23-20(14)26)18-7-5-6-8-19(18)29-13-17-10-16(24-30-17)12-25(21(27)28)22(2,3)4/h5-9,11,17H,10,12-13H2,1-4H3,(H,23,26)(H,27,28). The number of hydrogen-bond donors (Lipinski definition) is 2. The van der Waals surface area contributed by atoms with Crippen LogP contribution in [0.4, 0.5) is 4.79 Å². The summed E-state index contributed by atoms with van der Waals surface area (Å²) >= 11 is 0. The molecular formula is C22H27N3O5. The van der Waals surface area contributed by atoms with Gasteiger partial charge in [-0.15, -0.1) is 0 Å². The van der Waals surface area contributed by atoms with Crippen molar-refractivity contribution in [2.75, 3.05) is 13.2 Å². The minimum Gasteiger partial charge on any atom is -0.489 e. The molecule has 1 aromatic heterocycles. The Balaban J connectivity index is 1.63. The molecule has 2 heterocycles. The van der Waals surface area contributed by atoms with Crippen molar-refractivity contribution in [2.45, 2.75) is 45.8 Å². The third kappa shape index (κ3) is 5.00. The maximum Gasteiger partial charge on any atom is 0.408 e. The number of nitrogens with zero attached hydrogens (tertiary/aromatic N) is 2. The molecule has 0 fully saturated rings. The summed E-state index contributed by atoms with van der Waals surface area (Å²) in [7, 11) is 0. The summed E-state index contributed by atoms with van der Waals surface area (Å²) in [5.74, 6) is 0.669. The SMILES string of the molecule is Cc1cc(-c2ccccc2OCC2CC(CN(C(=O)O)C(C)(C)C)=NO2)c[nH]c1=O. The molecule has 30 heavy (non-hydrogen) atoms. The van der Waals surface area contributed by atoms with Crippen molar-refractivity contribution in [3.05, 3.63) is 52.4 Å². The van der Waals surface area contributed by atoms with Crippen molar-refractivity contribution in [3.8, 4) is 16.9 Å². The van der Waals surface area contributed by atoms with Gasteiger partial charge >= 0.3 is 6.09 Å². The second-order valence-corrected chi connectivity index (χ2v) is 8.34. The number of para-hydroxylation sites is 1. The molecule has 0 saturated carbocycles. The fraction of sp³-hybridized carbons (Fsp3) is 0.409. The number of carboxylic acid groups (broad SMARTS) is 1. The fourth-order valence-corrected chi connectivity index (χ4v) is 3.21.